The van der Waals surface area contributed by atoms with Gasteiger partial charge < -0.3 is 9.84 Å². The van der Waals surface area contributed by atoms with E-state index in [2.05, 4.69) is 25.3 Å². The first-order valence-electron chi connectivity index (χ1n) is 4.74. The summed E-state index contributed by atoms with van der Waals surface area (Å²) in [6.45, 7) is 2.27. The van der Waals surface area contributed by atoms with Gasteiger partial charge in [0, 0.05) is 0 Å². The predicted octanol–water partition coefficient (Wildman–Crippen LogP) is 1.40. The van der Waals surface area contributed by atoms with Crippen LogP contribution in [0.15, 0.2) is 0 Å². The van der Waals surface area contributed by atoms with E-state index in [0.717, 1.165) is 6.42 Å². The van der Waals surface area contributed by atoms with Crippen LogP contribution in [0.1, 0.15) is 26.2 Å². The summed E-state index contributed by atoms with van der Waals surface area (Å²) in [5.74, 6) is -1.38. The number of hydrogen-bond acceptors (Lipinski definition) is 5. The van der Waals surface area contributed by atoms with Crippen LogP contribution in [0.2, 0.25) is 0 Å². The molecule has 1 N–H and O–H groups in total. The first kappa shape index (κ1) is 14.6. The van der Waals surface area contributed by atoms with E-state index in [0.29, 0.717) is 19.4 Å². The van der Waals surface area contributed by atoms with E-state index in [4.69, 9.17) is 9.84 Å². The van der Waals surface area contributed by atoms with Crippen molar-refractivity contribution in [2.45, 2.75) is 36.7 Å². The number of aliphatic carboxylic acids is 1. The van der Waals surface area contributed by atoms with Crippen LogP contribution >= 0.6 is 25.3 Å². The molecule has 0 saturated carbocycles. The van der Waals surface area contributed by atoms with Crippen molar-refractivity contribution >= 4 is 37.2 Å². The van der Waals surface area contributed by atoms with Gasteiger partial charge in [-0.15, -0.1) is 0 Å². The number of hydrogen-bond donors (Lipinski definition) is 3. The molecule has 2 atom stereocenters. The lowest BCUT2D eigenvalue weighted by Crippen LogP contribution is -2.21. The van der Waals surface area contributed by atoms with Crippen molar-refractivity contribution in [3.63, 3.8) is 0 Å². The molecule has 0 aliphatic heterocycles. The second kappa shape index (κ2) is 7.87. The molecule has 0 aliphatic carbocycles. The highest BCUT2D eigenvalue weighted by molar-refractivity contribution is 7.82. The Hall–Kier alpha value is -0.360. The summed E-state index contributed by atoms with van der Waals surface area (Å²) in [6.07, 6.45) is 1.41. The molecule has 4 nitrogen and oxygen atoms in total. The van der Waals surface area contributed by atoms with Crippen LogP contribution in [0.25, 0.3) is 0 Å². The number of carbonyl (C=O) groups excluding carboxylic acids is 1. The van der Waals surface area contributed by atoms with Gasteiger partial charge in [0.25, 0.3) is 0 Å². The third-order valence-corrected chi connectivity index (χ3v) is 2.67. The molecule has 15 heavy (non-hydrogen) atoms. The third-order valence-electron chi connectivity index (χ3n) is 1.72. The molecule has 0 radical (unpaired) electrons. The molecule has 6 heteroatoms. The molecule has 0 bridgehead atoms. The van der Waals surface area contributed by atoms with E-state index in [-0.39, 0.29) is 0 Å². The monoisotopic (exact) mass is 252 g/mol. The molecule has 0 aromatic carbocycles. The van der Waals surface area contributed by atoms with Crippen LogP contribution in [0.3, 0.4) is 0 Å². The zero-order valence-electron chi connectivity index (χ0n) is 8.55. The van der Waals surface area contributed by atoms with Gasteiger partial charge in [0.1, 0.15) is 0 Å². The Labute approximate surface area is 100 Å². The lowest BCUT2D eigenvalue weighted by atomic mass is 10.2. The van der Waals surface area contributed by atoms with E-state index in [9.17, 15) is 9.59 Å². The number of rotatable bonds is 7. The Morgan fingerprint density at radius 3 is 2.27 bits per heavy atom. The van der Waals surface area contributed by atoms with E-state index < -0.39 is 22.4 Å². The normalized spacial score (nSPS) is 14.3. The van der Waals surface area contributed by atoms with Gasteiger partial charge in [0.05, 0.1) is 17.1 Å². The largest absolute Gasteiger partial charge is 0.480 e. The Morgan fingerprint density at radius 2 is 1.80 bits per heavy atom. The third kappa shape index (κ3) is 6.67. The van der Waals surface area contributed by atoms with Crippen molar-refractivity contribution < 1.29 is 19.4 Å². The number of carboxylic acid groups (broad SMARTS) is 1. The Bertz CT molecular complexity index is 220. The first-order valence-corrected chi connectivity index (χ1v) is 5.77. The lowest BCUT2D eigenvalue weighted by Gasteiger charge is -2.11. The highest BCUT2D eigenvalue weighted by atomic mass is 32.1. The van der Waals surface area contributed by atoms with E-state index in [1.165, 1.54) is 0 Å². The molecule has 0 fully saturated rings. The van der Waals surface area contributed by atoms with Crippen LogP contribution in [-0.4, -0.2) is 34.2 Å². The summed E-state index contributed by atoms with van der Waals surface area (Å²) in [5.41, 5.74) is 0. The summed E-state index contributed by atoms with van der Waals surface area (Å²) in [7, 11) is 0. The summed E-state index contributed by atoms with van der Waals surface area (Å²) in [4.78, 5) is 21.6. The molecule has 0 aromatic rings. The lowest BCUT2D eigenvalue weighted by molar-refractivity contribution is -0.143. The van der Waals surface area contributed by atoms with Crippen molar-refractivity contribution in [2.75, 3.05) is 6.61 Å². The molecule has 0 rings (SSSR count). The molecule has 0 aliphatic rings. The van der Waals surface area contributed by atoms with E-state index in [1.807, 2.05) is 6.92 Å². The van der Waals surface area contributed by atoms with Gasteiger partial charge in [0.15, 0.2) is 0 Å². The van der Waals surface area contributed by atoms with Gasteiger partial charge in [-0.25, -0.2) is 0 Å². The topological polar surface area (TPSA) is 63.6 Å². The Balaban J connectivity index is 3.77. The fourth-order valence-electron chi connectivity index (χ4n) is 0.856. The van der Waals surface area contributed by atoms with E-state index in [1.54, 1.807) is 0 Å². The number of thiol groups is 2. The fraction of sp³-hybridized carbons (Fsp3) is 0.778. The Morgan fingerprint density at radius 1 is 1.27 bits per heavy atom. The van der Waals surface area contributed by atoms with Crippen molar-refractivity contribution in [3.8, 4) is 0 Å². The van der Waals surface area contributed by atoms with Crippen LogP contribution < -0.4 is 0 Å². The van der Waals surface area contributed by atoms with E-state index >= 15 is 0 Å². The van der Waals surface area contributed by atoms with Gasteiger partial charge in [-0.1, -0.05) is 6.92 Å². The molecular weight excluding hydrogens is 236 g/mol. The van der Waals surface area contributed by atoms with Crippen LogP contribution in [0.4, 0.5) is 0 Å². The first-order chi connectivity index (χ1) is 6.99. The maximum Gasteiger partial charge on any atom is 0.318 e. The van der Waals surface area contributed by atoms with Gasteiger partial charge in [-0.2, -0.15) is 25.3 Å². The highest BCUT2D eigenvalue weighted by Gasteiger charge is 2.19. The number of carbonyl (C=O) groups is 2. The minimum atomic E-state index is -0.985. The van der Waals surface area contributed by atoms with Gasteiger partial charge in [0.2, 0.25) is 0 Å². The molecule has 2 unspecified atom stereocenters. The maximum absolute atomic E-state index is 11.2. The van der Waals surface area contributed by atoms with Gasteiger partial charge >= 0.3 is 11.9 Å². The molecule has 0 amide bonds. The molecular formula is C9H16O4S2. The second-order valence-electron chi connectivity index (χ2n) is 3.11. The van der Waals surface area contributed by atoms with Crippen molar-refractivity contribution in [2.24, 2.45) is 0 Å². The van der Waals surface area contributed by atoms with Crippen molar-refractivity contribution in [3.05, 3.63) is 0 Å². The zero-order valence-corrected chi connectivity index (χ0v) is 10.3. The fourth-order valence-corrected chi connectivity index (χ4v) is 1.23. The number of esters is 1. The average Bonchev–Trinajstić information content (AvgIpc) is 2.21. The second-order valence-corrected chi connectivity index (χ2v) is 4.36. The molecule has 88 valence electrons. The SMILES string of the molecule is CCCOC(=O)C(S)CCC(S)C(=O)O. The minimum absolute atomic E-state index is 0.299. The number of carboxylic acids is 1. The molecule has 0 spiro atoms. The standard InChI is InChI=1S/C9H16O4S2/c1-2-5-13-9(12)7(15)4-3-6(14)8(10)11/h6-7,14-15H,2-5H2,1H3,(H,10,11). The molecule has 0 aromatic heterocycles. The molecule has 0 saturated heterocycles. The van der Waals surface area contributed by atoms with Gasteiger partial charge in [-0.3, -0.25) is 9.59 Å². The smallest absolute Gasteiger partial charge is 0.318 e. The number of ether oxygens (including phenoxy) is 1. The molecule has 0 heterocycles. The van der Waals surface area contributed by atoms with Crippen LogP contribution in [0, 0.1) is 0 Å². The Kier molecular flexibility index (Phi) is 7.68. The van der Waals surface area contributed by atoms with Crippen molar-refractivity contribution in [1.82, 2.24) is 0 Å². The predicted molar refractivity (Wildman–Crippen MR) is 63.7 cm³/mol. The van der Waals surface area contributed by atoms with Crippen LogP contribution in [-0.2, 0) is 14.3 Å². The summed E-state index contributed by atoms with van der Waals surface area (Å²) in [5, 5.41) is 7.24. The van der Waals surface area contributed by atoms with Gasteiger partial charge in [-0.05, 0) is 19.3 Å². The highest BCUT2D eigenvalue weighted by Crippen LogP contribution is 2.12. The summed E-state index contributed by atoms with van der Waals surface area (Å²) < 4.78 is 4.86. The quantitative estimate of drug-likeness (QED) is 0.473. The maximum atomic E-state index is 11.2. The average molecular weight is 252 g/mol. The summed E-state index contributed by atoms with van der Waals surface area (Å²) in [6, 6.07) is 0. The van der Waals surface area contributed by atoms with Crippen LogP contribution in [0.5, 0.6) is 0 Å². The zero-order chi connectivity index (χ0) is 11.8. The summed E-state index contributed by atoms with van der Waals surface area (Å²) >= 11 is 7.89. The van der Waals surface area contributed by atoms with Crippen molar-refractivity contribution in [1.29, 1.82) is 0 Å². The minimum Gasteiger partial charge on any atom is -0.480 e.